The topological polar surface area (TPSA) is 25.8 Å². The Morgan fingerprint density at radius 3 is 2.67 bits per heavy atom. The molecule has 0 unspecified atom stereocenters. The lowest BCUT2D eigenvalue weighted by Crippen LogP contribution is -1.96. The summed E-state index contributed by atoms with van der Waals surface area (Å²) in [5.41, 5.74) is 4.23. The van der Waals surface area contributed by atoms with Crippen molar-refractivity contribution in [2.24, 2.45) is 0 Å². The second-order valence-corrected chi connectivity index (χ2v) is 6.20. The molecule has 0 aliphatic carbocycles. The van der Waals surface area contributed by atoms with Crippen LogP contribution in [0, 0.1) is 6.92 Å². The van der Waals surface area contributed by atoms with Crippen molar-refractivity contribution < 1.29 is 0 Å². The Morgan fingerprint density at radius 2 is 1.90 bits per heavy atom. The van der Waals surface area contributed by atoms with Gasteiger partial charge in [-0.05, 0) is 52.5 Å². The summed E-state index contributed by atoms with van der Waals surface area (Å²) in [6.07, 6.45) is 0.935. The van der Waals surface area contributed by atoms with E-state index in [1.807, 2.05) is 37.3 Å². The van der Waals surface area contributed by atoms with E-state index in [2.05, 4.69) is 33.9 Å². The van der Waals surface area contributed by atoms with Gasteiger partial charge in [0.15, 0.2) is 5.82 Å². The second-order valence-electron chi connectivity index (χ2n) is 4.99. The first-order chi connectivity index (χ1) is 10.1. The van der Waals surface area contributed by atoms with E-state index in [1.165, 1.54) is 5.56 Å². The summed E-state index contributed by atoms with van der Waals surface area (Å²) in [5, 5.41) is 1.37. The van der Waals surface area contributed by atoms with Gasteiger partial charge in [0, 0.05) is 15.4 Å². The Hall–Kier alpha value is -1.45. The molecule has 0 aliphatic rings. The van der Waals surface area contributed by atoms with Crippen LogP contribution in [0.1, 0.15) is 18.1 Å². The molecule has 0 amide bonds. The van der Waals surface area contributed by atoms with Crippen molar-refractivity contribution in [2.75, 3.05) is 0 Å². The fourth-order valence-electron chi connectivity index (χ4n) is 2.46. The van der Waals surface area contributed by atoms with Crippen LogP contribution in [-0.4, -0.2) is 9.97 Å². The summed E-state index contributed by atoms with van der Waals surface area (Å²) in [6, 6.07) is 12.2. The third-order valence-electron chi connectivity index (χ3n) is 3.49. The molecule has 0 aliphatic heterocycles. The van der Waals surface area contributed by atoms with Crippen molar-refractivity contribution in [3.8, 4) is 11.4 Å². The van der Waals surface area contributed by atoms with E-state index in [4.69, 9.17) is 16.6 Å². The Morgan fingerprint density at radius 1 is 1.14 bits per heavy atom. The van der Waals surface area contributed by atoms with E-state index in [1.54, 1.807) is 0 Å². The molecule has 1 heterocycles. The van der Waals surface area contributed by atoms with Gasteiger partial charge in [-0.25, -0.2) is 9.97 Å². The number of fused-ring (bicyclic) bond motifs is 1. The minimum Gasteiger partial charge on any atom is -0.227 e. The molecule has 106 valence electrons. The van der Waals surface area contributed by atoms with Crippen LogP contribution in [0.15, 0.2) is 40.9 Å². The maximum absolute atomic E-state index is 6.38. The summed E-state index contributed by atoms with van der Waals surface area (Å²) in [6.45, 7) is 4.15. The van der Waals surface area contributed by atoms with Crippen molar-refractivity contribution in [1.82, 2.24) is 9.97 Å². The van der Waals surface area contributed by atoms with Crippen molar-refractivity contribution in [3.05, 3.63) is 57.2 Å². The summed E-state index contributed by atoms with van der Waals surface area (Å²) >= 11 is 9.95. The van der Waals surface area contributed by atoms with Crippen molar-refractivity contribution >= 4 is 38.4 Å². The zero-order chi connectivity index (χ0) is 15.0. The number of rotatable bonds is 2. The van der Waals surface area contributed by atoms with Crippen molar-refractivity contribution in [2.45, 2.75) is 20.3 Å². The molecular formula is C17H14BrClN2. The number of hydrogen-bond donors (Lipinski definition) is 0. The predicted octanol–water partition coefficient (Wildman–Crippen LogP) is 5.58. The highest BCUT2D eigenvalue weighted by molar-refractivity contribution is 9.10. The second kappa shape index (κ2) is 5.74. The smallest absolute Gasteiger partial charge is 0.161 e. The van der Waals surface area contributed by atoms with Gasteiger partial charge in [0.2, 0.25) is 0 Å². The van der Waals surface area contributed by atoms with Crippen LogP contribution < -0.4 is 0 Å². The van der Waals surface area contributed by atoms with Crippen LogP contribution in [-0.2, 0) is 6.42 Å². The van der Waals surface area contributed by atoms with Gasteiger partial charge in [0.25, 0.3) is 0 Å². The van der Waals surface area contributed by atoms with E-state index in [9.17, 15) is 0 Å². The van der Waals surface area contributed by atoms with Gasteiger partial charge >= 0.3 is 0 Å². The molecule has 0 fully saturated rings. The van der Waals surface area contributed by atoms with Gasteiger partial charge in [-0.15, -0.1) is 0 Å². The Balaban J connectivity index is 2.30. The first kappa shape index (κ1) is 14.5. The fraction of sp³-hybridized carbons (Fsp3) is 0.176. The number of hydrogen-bond acceptors (Lipinski definition) is 2. The summed E-state index contributed by atoms with van der Waals surface area (Å²) < 4.78 is 0.942. The number of halogens is 2. The quantitative estimate of drug-likeness (QED) is 0.557. The van der Waals surface area contributed by atoms with Crippen molar-refractivity contribution in [1.29, 1.82) is 0 Å². The number of benzene rings is 2. The summed E-state index contributed by atoms with van der Waals surface area (Å²) in [7, 11) is 0. The van der Waals surface area contributed by atoms with E-state index in [0.717, 1.165) is 32.9 Å². The van der Waals surface area contributed by atoms with Gasteiger partial charge in [-0.2, -0.15) is 0 Å². The third kappa shape index (κ3) is 2.68. The van der Waals surface area contributed by atoms with Gasteiger partial charge < -0.3 is 0 Å². The van der Waals surface area contributed by atoms with Crippen LogP contribution >= 0.6 is 27.5 Å². The first-order valence-electron chi connectivity index (χ1n) is 6.82. The molecular weight excluding hydrogens is 348 g/mol. The lowest BCUT2D eigenvalue weighted by Gasteiger charge is -2.10. The van der Waals surface area contributed by atoms with Gasteiger partial charge in [-0.1, -0.05) is 42.8 Å². The van der Waals surface area contributed by atoms with E-state index in [0.29, 0.717) is 11.0 Å². The Kier molecular flexibility index (Phi) is 3.96. The average Bonchev–Trinajstić information content (AvgIpc) is 2.48. The van der Waals surface area contributed by atoms with E-state index < -0.39 is 0 Å². The van der Waals surface area contributed by atoms with E-state index in [-0.39, 0.29) is 0 Å². The summed E-state index contributed by atoms with van der Waals surface area (Å²) in [4.78, 5) is 9.21. The molecule has 0 saturated carbocycles. The largest absolute Gasteiger partial charge is 0.227 e. The van der Waals surface area contributed by atoms with E-state index >= 15 is 0 Å². The van der Waals surface area contributed by atoms with Crippen LogP contribution in [0.4, 0.5) is 0 Å². The summed E-state index contributed by atoms with van der Waals surface area (Å²) in [5.74, 6) is 0.675. The van der Waals surface area contributed by atoms with Gasteiger partial charge in [0.05, 0.1) is 5.52 Å². The number of nitrogens with zero attached hydrogens (tertiary/aromatic N) is 2. The molecule has 3 rings (SSSR count). The first-order valence-corrected chi connectivity index (χ1v) is 7.99. The number of aromatic nitrogens is 2. The van der Waals surface area contributed by atoms with Gasteiger partial charge in [-0.3, -0.25) is 0 Å². The van der Waals surface area contributed by atoms with Crippen molar-refractivity contribution in [3.63, 3.8) is 0 Å². The molecule has 0 spiro atoms. The molecule has 4 heteroatoms. The molecule has 21 heavy (non-hydrogen) atoms. The highest BCUT2D eigenvalue weighted by Crippen LogP contribution is 2.31. The molecule has 0 N–H and O–H groups in total. The average molecular weight is 362 g/mol. The fourth-order valence-corrected chi connectivity index (χ4v) is 3.34. The molecule has 0 radical (unpaired) electrons. The van der Waals surface area contributed by atoms with Crippen LogP contribution in [0.2, 0.25) is 5.15 Å². The molecule has 0 atom stereocenters. The lowest BCUT2D eigenvalue weighted by atomic mass is 10.0. The molecule has 1 aromatic heterocycles. The maximum Gasteiger partial charge on any atom is 0.161 e. The molecule has 3 aromatic rings. The Labute approximate surface area is 137 Å². The minimum absolute atomic E-state index is 0.491. The predicted molar refractivity (Wildman–Crippen MR) is 91.8 cm³/mol. The molecule has 0 saturated heterocycles. The third-order valence-corrected chi connectivity index (χ3v) is 4.38. The highest BCUT2D eigenvalue weighted by atomic mass is 79.9. The molecule has 0 bridgehead atoms. The highest BCUT2D eigenvalue weighted by Gasteiger charge is 2.12. The zero-order valence-corrected chi connectivity index (χ0v) is 14.2. The standard InChI is InChI=1S/C17H14BrClN2/c1-3-11-6-4-5-7-12(11)17-20-15-13(16(19)21-17)8-10(2)9-14(15)18/h4-9H,3H2,1-2H3. The Bertz CT molecular complexity index is 830. The van der Waals surface area contributed by atoms with Crippen LogP contribution in [0.3, 0.4) is 0 Å². The minimum atomic E-state index is 0.491. The normalized spacial score (nSPS) is 11.0. The van der Waals surface area contributed by atoms with Crippen LogP contribution in [0.25, 0.3) is 22.3 Å². The molecule has 2 nitrogen and oxygen atoms in total. The van der Waals surface area contributed by atoms with Crippen LogP contribution in [0.5, 0.6) is 0 Å². The number of aryl methyl sites for hydroxylation is 2. The maximum atomic E-state index is 6.38. The monoisotopic (exact) mass is 360 g/mol. The SMILES string of the molecule is CCc1ccccc1-c1nc(Cl)c2cc(C)cc(Br)c2n1. The van der Waals surface area contributed by atoms with Gasteiger partial charge in [0.1, 0.15) is 5.15 Å². The lowest BCUT2D eigenvalue weighted by molar-refractivity contribution is 1.12. The zero-order valence-electron chi connectivity index (χ0n) is 11.8. The molecule has 2 aromatic carbocycles.